The Kier molecular flexibility index (Phi) is 5.19. The second-order valence-corrected chi connectivity index (χ2v) is 5.83. The van der Waals surface area contributed by atoms with E-state index in [0.29, 0.717) is 12.1 Å². The number of anilines is 2. The first-order valence-corrected chi connectivity index (χ1v) is 7.91. The summed E-state index contributed by atoms with van der Waals surface area (Å²) in [5, 5.41) is 0. The standard InChI is InChI=1S/C19H12F6N2O2/c20-11-3-1-9(26)7-15(11)28-14-6-5-13(22)18(17(14)19(23,24)25)29-16-8-10(27)2-4-12(16)21/h1-8H,26-27H2. The third-order valence-corrected chi connectivity index (χ3v) is 3.70. The molecule has 0 aliphatic rings. The Morgan fingerprint density at radius 3 is 1.62 bits per heavy atom. The fraction of sp³-hybridized carbons (Fsp3) is 0.0526. The molecule has 10 heteroatoms. The minimum Gasteiger partial charge on any atom is -0.453 e. The van der Waals surface area contributed by atoms with Gasteiger partial charge in [0.1, 0.15) is 11.3 Å². The molecule has 4 nitrogen and oxygen atoms in total. The van der Waals surface area contributed by atoms with E-state index >= 15 is 0 Å². The smallest absolute Gasteiger partial charge is 0.423 e. The van der Waals surface area contributed by atoms with Gasteiger partial charge in [0.25, 0.3) is 0 Å². The third-order valence-electron chi connectivity index (χ3n) is 3.70. The highest BCUT2D eigenvalue weighted by atomic mass is 19.4. The van der Waals surface area contributed by atoms with Gasteiger partial charge >= 0.3 is 6.18 Å². The SMILES string of the molecule is Nc1ccc(F)c(Oc2ccc(F)c(Oc3cc(N)ccc3F)c2C(F)(F)F)c1. The Balaban J connectivity index is 2.15. The molecule has 3 aromatic carbocycles. The molecule has 29 heavy (non-hydrogen) atoms. The van der Waals surface area contributed by atoms with Gasteiger partial charge in [0.05, 0.1) is 0 Å². The number of benzene rings is 3. The van der Waals surface area contributed by atoms with Gasteiger partial charge in [-0.05, 0) is 36.4 Å². The highest BCUT2D eigenvalue weighted by molar-refractivity contribution is 5.54. The molecular formula is C19H12F6N2O2. The Morgan fingerprint density at radius 2 is 1.10 bits per heavy atom. The van der Waals surface area contributed by atoms with E-state index < -0.39 is 52.2 Å². The zero-order chi connectivity index (χ0) is 21.3. The highest BCUT2D eigenvalue weighted by Crippen LogP contribution is 2.47. The van der Waals surface area contributed by atoms with Crippen LogP contribution in [0.1, 0.15) is 5.56 Å². The molecule has 0 saturated heterocycles. The third kappa shape index (κ3) is 4.31. The van der Waals surface area contributed by atoms with Crippen molar-refractivity contribution in [3.63, 3.8) is 0 Å². The first-order chi connectivity index (χ1) is 13.6. The minimum absolute atomic E-state index is 0.0235. The van der Waals surface area contributed by atoms with Crippen LogP contribution < -0.4 is 20.9 Å². The van der Waals surface area contributed by atoms with E-state index in [9.17, 15) is 26.3 Å². The first-order valence-electron chi connectivity index (χ1n) is 7.91. The maximum absolute atomic E-state index is 14.2. The van der Waals surface area contributed by atoms with Crippen molar-refractivity contribution in [1.29, 1.82) is 0 Å². The second kappa shape index (κ2) is 7.46. The molecule has 0 aliphatic heterocycles. The molecule has 0 atom stereocenters. The van der Waals surface area contributed by atoms with Crippen LogP contribution >= 0.6 is 0 Å². The average molecular weight is 414 g/mol. The molecule has 3 rings (SSSR count). The molecule has 0 spiro atoms. The predicted molar refractivity (Wildman–Crippen MR) is 93.2 cm³/mol. The molecule has 0 radical (unpaired) electrons. The van der Waals surface area contributed by atoms with E-state index in [1.165, 1.54) is 6.07 Å². The van der Waals surface area contributed by atoms with Crippen molar-refractivity contribution in [1.82, 2.24) is 0 Å². The monoisotopic (exact) mass is 414 g/mol. The van der Waals surface area contributed by atoms with Crippen molar-refractivity contribution in [2.75, 3.05) is 11.5 Å². The van der Waals surface area contributed by atoms with Crippen molar-refractivity contribution >= 4 is 11.4 Å². The van der Waals surface area contributed by atoms with Crippen LogP contribution in [0.4, 0.5) is 37.7 Å². The zero-order valence-corrected chi connectivity index (χ0v) is 14.4. The molecule has 4 N–H and O–H groups in total. The van der Waals surface area contributed by atoms with Gasteiger partial charge in [-0.2, -0.15) is 13.2 Å². The van der Waals surface area contributed by atoms with Gasteiger partial charge in [0, 0.05) is 23.5 Å². The summed E-state index contributed by atoms with van der Waals surface area (Å²) in [4.78, 5) is 0. The van der Waals surface area contributed by atoms with E-state index in [1.54, 1.807) is 0 Å². The van der Waals surface area contributed by atoms with Gasteiger partial charge in [-0.25, -0.2) is 13.2 Å². The Bertz CT molecular complexity index is 1070. The summed E-state index contributed by atoms with van der Waals surface area (Å²) >= 11 is 0. The fourth-order valence-electron chi connectivity index (χ4n) is 2.42. The summed E-state index contributed by atoms with van der Waals surface area (Å²) in [5.74, 6) is -7.20. The molecule has 0 fully saturated rings. The quantitative estimate of drug-likeness (QED) is 0.414. The lowest BCUT2D eigenvalue weighted by Crippen LogP contribution is -2.11. The Morgan fingerprint density at radius 1 is 0.621 bits per heavy atom. The van der Waals surface area contributed by atoms with E-state index in [4.69, 9.17) is 20.9 Å². The summed E-state index contributed by atoms with van der Waals surface area (Å²) in [7, 11) is 0. The normalized spacial score (nSPS) is 11.4. The number of hydrogen-bond acceptors (Lipinski definition) is 4. The lowest BCUT2D eigenvalue weighted by Gasteiger charge is -2.19. The van der Waals surface area contributed by atoms with Crippen LogP contribution in [0, 0.1) is 17.5 Å². The number of hydrogen-bond donors (Lipinski definition) is 2. The number of nitrogens with two attached hydrogens (primary N) is 2. The van der Waals surface area contributed by atoms with E-state index in [0.717, 1.165) is 30.3 Å². The average Bonchev–Trinajstić information content (AvgIpc) is 2.63. The lowest BCUT2D eigenvalue weighted by molar-refractivity contribution is -0.139. The summed E-state index contributed by atoms with van der Waals surface area (Å²) < 4.78 is 92.9. The number of ether oxygens (including phenoxy) is 2. The van der Waals surface area contributed by atoms with Crippen molar-refractivity contribution in [2.45, 2.75) is 6.18 Å². The van der Waals surface area contributed by atoms with E-state index in [1.807, 2.05) is 0 Å². The lowest BCUT2D eigenvalue weighted by atomic mass is 10.1. The number of nitrogen functional groups attached to an aromatic ring is 2. The van der Waals surface area contributed by atoms with Crippen LogP contribution in [0.15, 0.2) is 48.5 Å². The van der Waals surface area contributed by atoms with Gasteiger partial charge in [-0.15, -0.1) is 0 Å². The van der Waals surface area contributed by atoms with Gasteiger partial charge in [0.15, 0.2) is 34.7 Å². The van der Waals surface area contributed by atoms with Crippen molar-refractivity contribution < 1.29 is 35.8 Å². The van der Waals surface area contributed by atoms with E-state index in [2.05, 4.69) is 0 Å². The predicted octanol–water partition coefficient (Wildman–Crippen LogP) is 5.87. The van der Waals surface area contributed by atoms with Crippen LogP contribution in [-0.2, 0) is 6.18 Å². The largest absolute Gasteiger partial charge is 0.453 e. The molecule has 3 aromatic rings. The molecule has 0 bridgehead atoms. The summed E-state index contributed by atoms with van der Waals surface area (Å²) in [6.07, 6.45) is -5.19. The molecular weight excluding hydrogens is 402 g/mol. The summed E-state index contributed by atoms with van der Waals surface area (Å²) in [5.41, 5.74) is 9.24. The van der Waals surface area contributed by atoms with Gasteiger partial charge in [0.2, 0.25) is 0 Å². The molecule has 0 heterocycles. The van der Waals surface area contributed by atoms with Crippen LogP contribution in [0.25, 0.3) is 0 Å². The van der Waals surface area contributed by atoms with E-state index in [-0.39, 0.29) is 11.4 Å². The zero-order valence-electron chi connectivity index (χ0n) is 14.4. The Labute approximate surface area is 160 Å². The van der Waals surface area contributed by atoms with Gasteiger partial charge in [-0.3, -0.25) is 0 Å². The molecule has 152 valence electrons. The van der Waals surface area contributed by atoms with Crippen molar-refractivity contribution in [2.24, 2.45) is 0 Å². The maximum Gasteiger partial charge on any atom is 0.423 e. The van der Waals surface area contributed by atoms with Crippen LogP contribution in [0.2, 0.25) is 0 Å². The minimum atomic E-state index is -5.19. The molecule has 0 aromatic heterocycles. The van der Waals surface area contributed by atoms with Crippen LogP contribution in [0.3, 0.4) is 0 Å². The van der Waals surface area contributed by atoms with Gasteiger partial charge < -0.3 is 20.9 Å². The molecule has 0 unspecified atom stereocenters. The number of alkyl halides is 3. The summed E-state index contributed by atoms with van der Waals surface area (Å²) in [6, 6.07) is 7.15. The first kappa shape index (κ1) is 20.2. The maximum atomic E-state index is 14.2. The van der Waals surface area contributed by atoms with Crippen LogP contribution in [-0.4, -0.2) is 0 Å². The summed E-state index contributed by atoms with van der Waals surface area (Å²) in [6.45, 7) is 0. The molecule has 0 aliphatic carbocycles. The molecule has 0 saturated carbocycles. The number of rotatable bonds is 4. The van der Waals surface area contributed by atoms with Gasteiger partial charge in [-0.1, -0.05) is 0 Å². The fourth-order valence-corrected chi connectivity index (χ4v) is 2.42. The molecule has 0 amide bonds. The second-order valence-electron chi connectivity index (χ2n) is 5.83. The number of halogens is 6. The Hall–Kier alpha value is -3.56. The van der Waals surface area contributed by atoms with Crippen molar-refractivity contribution in [3.05, 3.63) is 71.5 Å². The highest BCUT2D eigenvalue weighted by Gasteiger charge is 2.40. The van der Waals surface area contributed by atoms with Crippen molar-refractivity contribution in [3.8, 4) is 23.0 Å². The van der Waals surface area contributed by atoms with Crippen LogP contribution in [0.5, 0.6) is 23.0 Å². The topological polar surface area (TPSA) is 70.5 Å².